The Hall–Kier alpha value is -0.650. The Bertz CT molecular complexity index is 299. The van der Waals surface area contributed by atoms with Gasteiger partial charge in [0.1, 0.15) is 0 Å². The molecule has 124 valence electrons. The summed E-state index contributed by atoms with van der Waals surface area (Å²) in [5.41, 5.74) is 0. The third-order valence-corrected chi connectivity index (χ3v) is 4.19. The second kappa shape index (κ2) is 9.38. The van der Waals surface area contributed by atoms with Crippen LogP contribution in [-0.4, -0.2) is 74.1 Å². The van der Waals surface area contributed by atoms with E-state index in [0.29, 0.717) is 24.4 Å². The maximum atomic E-state index is 11.9. The molecular weight excluding hydrogens is 264 g/mol. The van der Waals surface area contributed by atoms with Crippen molar-refractivity contribution in [1.82, 2.24) is 20.4 Å². The van der Waals surface area contributed by atoms with E-state index < -0.39 is 0 Å². The average Bonchev–Trinajstić information content (AvgIpc) is 2.40. The molecule has 5 nitrogen and oxygen atoms in total. The van der Waals surface area contributed by atoms with Gasteiger partial charge in [-0.1, -0.05) is 27.7 Å². The van der Waals surface area contributed by atoms with E-state index in [1.165, 1.54) is 0 Å². The van der Waals surface area contributed by atoms with Crippen LogP contribution in [-0.2, 0) is 4.79 Å². The van der Waals surface area contributed by atoms with E-state index in [2.05, 4.69) is 55.2 Å². The van der Waals surface area contributed by atoms with Gasteiger partial charge in [0.2, 0.25) is 5.91 Å². The normalized spacial score (nSPS) is 19.2. The van der Waals surface area contributed by atoms with Gasteiger partial charge in [0.05, 0.1) is 0 Å². The zero-order valence-corrected chi connectivity index (χ0v) is 14.5. The van der Waals surface area contributed by atoms with Crippen molar-refractivity contribution in [2.45, 2.75) is 46.2 Å². The molecule has 1 saturated heterocycles. The smallest absolute Gasteiger partial charge is 0.221 e. The largest absolute Gasteiger partial charge is 0.354 e. The Morgan fingerprint density at radius 3 is 2.24 bits per heavy atom. The lowest BCUT2D eigenvalue weighted by atomic mass is 10.0. The highest BCUT2D eigenvalue weighted by molar-refractivity contribution is 5.76. The van der Waals surface area contributed by atoms with Crippen molar-refractivity contribution in [3.63, 3.8) is 0 Å². The molecule has 1 fully saturated rings. The molecule has 0 aromatic rings. The maximum Gasteiger partial charge on any atom is 0.221 e. The minimum atomic E-state index is 0.155. The Morgan fingerprint density at radius 2 is 1.71 bits per heavy atom. The van der Waals surface area contributed by atoms with Crippen LogP contribution in [0.4, 0.5) is 0 Å². The summed E-state index contributed by atoms with van der Waals surface area (Å²) >= 11 is 0. The third-order valence-electron chi connectivity index (χ3n) is 4.19. The monoisotopic (exact) mass is 298 g/mol. The molecule has 21 heavy (non-hydrogen) atoms. The lowest BCUT2D eigenvalue weighted by Gasteiger charge is -2.39. The lowest BCUT2D eigenvalue weighted by Crippen LogP contribution is -2.54. The number of nitrogens with one attached hydrogen (secondary N) is 2. The van der Waals surface area contributed by atoms with E-state index in [9.17, 15) is 4.79 Å². The first-order valence-corrected chi connectivity index (χ1v) is 8.32. The molecule has 1 atom stereocenters. The quantitative estimate of drug-likeness (QED) is 0.695. The summed E-state index contributed by atoms with van der Waals surface area (Å²) in [7, 11) is 2.17. The van der Waals surface area contributed by atoms with Gasteiger partial charge in [0, 0.05) is 57.8 Å². The summed E-state index contributed by atoms with van der Waals surface area (Å²) in [6.45, 7) is 14.6. The van der Waals surface area contributed by atoms with Crippen molar-refractivity contribution < 1.29 is 4.79 Å². The van der Waals surface area contributed by atoms with Crippen LogP contribution in [0.2, 0.25) is 0 Å². The number of carbonyl (C=O) groups excluding carboxylic acids is 1. The number of carbonyl (C=O) groups is 1. The molecule has 0 saturated carbocycles. The average molecular weight is 298 g/mol. The zero-order valence-electron chi connectivity index (χ0n) is 14.5. The second-order valence-electron chi connectivity index (χ2n) is 6.81. The van der Waals surface area contributed by atoms with Gasteiger partial charge in [-0.3, -0.25) is 9.69 Å². The SMILES string of the molecule is CC(C)NCCC(=O)NCC(C(C)C)N1CCN(C)CC1. The molecule has 0 radical (unpaired) electrons. The molecule has 2 N–H and O–H groups in total. The molecule has 1 aliphatic rings. The van der Waals surface area contributed by atoms with Crippen molar-refractivity contribution in [2.75, 3.05) is 46.3 Å². The first-order chi connectivity index (χ1) is 9.90. The summed E-state index contributed by atoms with van der Waals surface area (Å²) in [5.74, 6) is 0.713. The maximum absolute atomic E-state index is 11.9. The number of likely N-dealkylation sites (N-methyl/N-ethyl adjacent to an activating group) is 1. The number of piperazine rings is 1. The van der Waals surface area contributed by atoms with Gasteiger partial charge in [-0.2, -0.15) is 0 Å². The van der Waals surface area contributed by atoms with Crippen LogP contribution < -0.4 is 10.6 Å². The molecule has 1 aliphatic heterocycles. The highest BCUT2D eigenvalue weighted by Gasteiger charge is 2.25. The van der Waals surface area contributed by atoms with Crippen molar-refractivity contribution in [3.8, 4) is 0 Å². The highest BCUT2D eigenvalue weighted by Crippen LogP contribution is 2.12. The summed E-state index contributed by atoms with van der Waals surface area (Å²) in [6.07, 6.45) is 0.561. The number of hydrogen-bond donors (Lipinski definition) is 2. The van der Waals surface area contributed by atoms with E-state index >= 15 is 0 Å². The van der Waals surface area contributed by atoms with Crippen LogP contribution in [0.5, 0.6) is 0 Å². The molecule has 0 bridgehead atoms. The van der Waals surface area contributed by atoms with Gasteiger partial charge in [-0.15, -0.1) is 0 Å². The Morgan fingerprint density at radius 1 is 1.10 bits per heavy atom. The third kappa shape index (κ3) is 7.25. The molecule has 0 aromatic heterocycles. The van der Waals surface area contributed by atoms with Gasteiger partial charge in [0.25, 0.3) is 0 Å². The van der Waals surface area contributed by atoms with E-state index in [1.807, 2.05) is 0 Å². The second-order valence-corrected chi connectivity index (χ2v) is 6.81. The van der Waals surface area contributed by atoms with E-state index in [1.54, 1.807) is 0 Å². The molecule has 1 rings (SSSR count). The number of amides is 1. The van der Waals surface area contributed by atoms with Gasteiger partial charge in [0.15, 0.2) is 0 Å². The van der Waals surface area contributed by atoms with Crippen LogP contribution in [0.15, 0.2) is 0 Å². The van der Waals surface area contributed by atoms with E-state index in [4.69, 9.17) is 0 Å². The fourth-order valence-corrected chi connectivity index (χ4v) is 2.72. The topological polar surface area (TPSA) is 47.6 Å². The van der Waals surface area contributed by atoms with Crippen LogP contribution in [0, 0.1) is 5.92 Å². The molecule has 5 heteroatoms. The summed E-state index contributed by atoms with van der Waals surface area (Å²) in [6, 6.07) is 0.882. The molecule has 1 amide bonds. The molecule has 1 unspecified atom stereocenters. The molecular formula is C16H34N4O. The fraction of sp³-hybridized carbons (Fsp3) is 0.938. The van der Waals surface area contributed by atoms with Crippen LogP contribution in [0.3, 0.4) is 0 Å². The van der Waals surface area contributed by atoms with Crippen molar-refractivity contribution >= 4 is 5.91 Å². The highest BCUT2D eigenvalue weighted by atomic mass is 16.1. The number of nitrogens with zero attached hydrogens (tertiary/aromatic N) is 2. The Balaban J connectivity index is 2.32. The van der Waals surface area contributed by atoms with Gasteiger partial charge < -0.3 is 15.5 Å². The van der Waals surface area contributed by atoms with Crippen molar-refractivity contribution in [1.29, 1.82) is 0 Å². The van der Waals surface area contributed by atoms with E-state index in [-0.39, 0.29) is 5.91 Å². The summed E-state index contributed by atoms with van der Waals surface area (Å²) in [4.78, 5) is 16.8. The first-order valence-electron chi connectivity index (χ1n) is 8.32. The van der Waals surface area contributed by atoms with Crippen molar-refractivity contribution in [3.05, 3.63) is 0 Å². The Labute approximate surface area is 130 Å². The minimum Gasteiger partial charge on any atom is -0.354 e. The molecule has 0 spiro atoms. The Kier molecular flexibility index (Phi) is 8.22. The molecule has 0 aliphatic carbocycles. The summed E-state index contributed by atoms with van der Waals surface area (Å²) in [5, 5.41) is 6.39. The molecule has 0 aromatic carbocycles. The van der Waals surface area contributed by atoms with Crippen LogP contribution in [0.25, 0.3) is 0 Å². The predicted molar refractivity (Wildman–Crippen MR) is 88.5 cm³/mol. The number of rotatable bonds is 8. The molecule has 1 heterocycles. The van der Waals surface area contributed by atoms with Crippen LogP contribution in [0.1, 0.15) is 34.1 Å². The lowest BCUT2D eigenvalue weighted by molar-refractivity contribution is -0.121. The van der Waals surface area contributed by atoms with Gasteiger partial charge in [-0.25, -0.2) is 0 Å². The zero-order chi connectivity index (χ0) is 15.8. The number of hydrogen-bond acceptors (Lipinski definition) is 4. The van der Waals surface area contributed by atoms with Gasteiger partial charge >= 0.3 is 0 Å². The van der Waals surface area contributed by atoms with Crippen molar-refractivity contribution in [2.24, 2.45) is 5.92 Å². The van der Waals surface area contributed by atoms with Gasteiger partial charge in [-0.05, 0) is 13.0 Å². The standard InChI is InChI=1S/C16H34N4O/c1-13(2)15(20-10-8-19(5)9-11-20)12-18-16(21)6-7-17-14(3)4/h13-15,17H,6-12H2,1-5H3,(H,18,21). The summed E-state index contributed by atoms with van der Waals surface area (Å²) < 4.78 is 0. The predicted octanol–water partition coefficient (Wildman–Crippen LogP) is 0.763. The fourth-order valence-electron chi connectivity index (χ4n) is 2.72. The first kappa shape index (κ1) is 18.4. The van der Waals surface area contributed by atoms with Crippen LogP contribution >= 0.6 is 0 Å². The van der Waals surface area contributed by atoms with E-state index in [0.717, 1.165) is 39.3 Å². The minimum absolute atomic E-state index is 0.155.